The monoisotopic (exact) mass is 327 g/mol. The lowest BCUT2D eigenvalue weighted by Crippen LogP contribution is -2.41. The van der Waals surface area contributed by atoms with Crippen LogP contribution in [0.4, 0.5) is 0 Å². The normalized spacial score (nSPS) is 15.8. The topological polar surface area (TPSA) is 68.5 Å². The third kappa shape index (κ3) is 3.74. The van der Waals surface area contributed by atoms with E-state index in [0.29, 0.717) is 18.7 Å². The van der Waals surface area contributed by atoms with Crippen LogP contribution in [0, 0.1) is 6.92 Å². The number of pyridine rings is 1. The van der Waals surface area contributed by atoms with Gasteiger partial charge in [-0.1, -0.05) is 18.2 Å². The van der Waals surface area contributed by atoms with Crippen LogP contribution in [-0.4, -0.2) is 48.1 Å². The van der Waals surface area contributed by atoms with E-state index in [4.69, 9.17) is 10.5 Å². The highest BCUT2D eigenvalue weighted by Crippen LogP contribution is 2.21. The molecule has 0 bridgehead atoms. The largest absolute Gasteiger partial charge is 0.378 e. The Labute approximate surface area is 142 Å². The quantitative estimate of drug-likeness (QED) is 0.857. The average Bonchev–Trinajstić information content (AvgIpc) is 2.61. The molecule has 0 saturated carbocycles. The molecule has 1 aromatic heterocycles. The van der Waals surface area contributed by atoms with Crippen LogP contribution in [0.1, 0.15) is 35.3 Å². The van der Waals surface area contributed by atoms with Crippen LogP contribution in [0.15, 0.2) is 30.3 Å². The maximum atomic E-state index is 12.9. The van der Waals surface area contributed by atoms with Crippen molar-refractivity contribution in [2.45, 2.75) is 32.3 Å². The van der Waals surface area contributed by atoms with Crippen LogP contribution in [0.2, 0.25) is 0 Å². The zero-order valence-corrected chi connectivity index (χ0v) is 14.2. The number of carbonyl (C=O) groups excluding carboxylic acids is 1. The van der Waals surface area contributed by atoms with Gasteiger partial charge in [0.25, 0.3) is 5.91 Å². The molecule has 0 radical (unpaired) electrons. The Balaban J connectivity index is 1.66. The van der Waals surface area contributed by atoms with E-state index in [1.807, 2.05) is 42.2 Å². The van der Waals surface area contributed by atoms with Crippen molar-refractivity contribution in [3.8, 4) is 0 Å². The molecule has 2 heterocycles. The van der Waals surface area contributed by atoms with Gasteiger partial charge < -0.3 is 15.4 Å². The van der Waals surface area contributed by atoms with E-state index in [0.717, 1.165) is 48.9 Å². The first-order chi connectivity index (χ1) is 11.7. The molecule has 2 aromatic rings. The predicted octanol–water partition coefficient (Wildman–Crippen LogP) is 2.51. The van der Waals surface area contributed by atoms with Gasteiger partial charge in [0.1, 0.15) is 0 Å². The summed E-state index contributed by atoms with van der Waals surface area (Å²) < 4.78 is 5.81. The number of rotatable bonds is 5. The highest BCUT2D eigenvalue weighted by atomic mass is 16.5. The maximum Gasteiger partial charge on any atom is 0.255 e. The zero-order chi connectivity index (χ0) is 16.9. The molecule has 0 unspecified atom stereocenters. The van der Waals surface area contributed by atoms with Crippen molar-refractivity contribution >= 4 is 16.8 Å². The second-order valence-corrected chi connectivity index (χ2v) is 6.32. The van der Waals surface area contributed by atoms with Gasteiger partial charge in [-0.25, -0.2) is 0 Å². The first-order valence-electron chi connectivity index (χ1n) is 8.66. The van der Waals surface area contributed by atoms with E-state index in [9.17, 15) is 4.79 Å². The fraction of sp³-hybridized carbons (Fsp3) is 0.474. The number of ether oxygens (including phenoxy) is 1. The number of nitrogens with zero attached hydrogens (tertiary/aromatic N) is 2. The third-order valence-electron chi connectivity index (χ3n) is 4.58. The zero-order valence-electron chi connectivity index (χ0n) is 14.2. The van der Waals surface area contributed by atoms with Gasteiger partial charge in [-0.3, -0.25) is 9.78 Å². The summed E-state index contributed by atoms with van der Waals surface area (Å²) in [6, 6.07) is 9.87. The minimum absolute atomic E-state index is 0.0751. The third-order valence-corrected chi connectivity index (χ3v) is 4.58. The first-order valence-corrected chi connectivity index (χ1v) is 8.66. The summed E-state index contributed by atoms with van der Waals surface area (Å²) in [5.41, 5.74) is 7.91. The van der Waals surface area contributed by atoms with Gasteiger partial charge >= 0.3 is 0 Å². The second-order valence-electron chi connectivity index (χ2n) is 6.32. The lowest BCUT2D eigenvalue weighted by atomic mass is 10.0. The molecule has 3 rings (SSSR count). The Morgan fingerprint density at radius 3 is 2.83 bits per heavy atom. The van der Waals surface area contributed by atoms with Gasteiger partial charge in [-0.15, -0.1) is 0 Å². The summed E-state index contributed by atoms with van der Waals surface area (Å²) in [6.07, 6.45) is 2.91. The number of benzene rings is 1. The molecule has 0 aliphatic carbocycles. The fourth-order valence-electron chi connectivity index (χ4n) is 3.16. The molecule has 1 aliphatic rings. The number of para-hydroxylation sites is 1. The highest BCUT2D eigenvalue weighted by molar-refractivity contribution is 5.98. The van der Waals surface area contributed by atoms with Crippen LogP contribution in [0.25, 0.3) is 10.9 Å². The number of piperidine rings is 1. The molecule has 24 heavy (non-hydrogen) atoms. The Hall–Kier alpha value is -1.98. The number of hydrogen-bond acceptors (Lipinski definition) is 4. The summed E-state index contributed by atoms with van der Waals surface area (Å²) in [5, 5.41) is 1.01. The van der Waals surface area contributed by atoms with Crippen molar-refractivity contribution in [2.24, 2.45) is 5.73 Å². The Bertz CT molecular complexity index is 709. The van der Waals surface area contributed by atoms with Crippen LogP contribution in [-0.2, 0) is 4.74 Å². The Morgan fingerprint density at radius 2 is 2.08 bits per heavy atom. The van der Waals surface area contributed by atoms with Crippen molar-refractivity contribution in [3.05, 3.63) is 41.6 Å². The van der Waals surface area contributed by atoms with Crippen molar-refractivity contribution in [2.75, 3.05) is 26.2 Å². The summed E-state index contributed by atoms with van der Waals surface area (Å²) in [7, 11) is 0. The standard InChI is InChI=1S/C19H25N3O2/c1-14-17(13-15-5-2-3-6-18(15)21-14)19(23)22-10-7-16(8-11-22)24-12-4-9-20/h2-3,5-6,13,16H,4,7-12,20H2,1H3. The molecule has 128 valence electrons. The van der Waals surface area contributed by atoms with Crippen LogP contribution >= 0.6 is 0 Å². The van der Waals surface area contributed by atoms with Crippen molar-refractivity contribution in [1.82, 2.24) is 9.88 Å². The molecule has 2 N–H and O–H groups in total. The van der Waals surface area contributed by atoms with Gasteiger partial charge in [-0.2, -0.15) is 0 Å². The molecule has 1 amide bonds. The fourth-order valence-corrected chi connectivity index (χ4v) is 3.16. The number of amides is 1. The van der Waals surface area contributed by atoms with Crippen LogP contribution < -0.4 is 5.73 Å². The molecular formula is C19H25N3O2. The average molecular weight is 327 g/mol. The first kappa shape index (κ1) is 16.9. The minimum Gasteiger partial charge on any atom is -0.378 e. The number of aryl methyl sites for hydroxylation is 1. The molecule has 1 fully saturated rings. The lowest BCUT2D eigenvalue weighted by Gasteiger charge is -2.32. The number of aromatic nitrogens is 1. The van der Waals surface area contributed by atoms with Crippen LogP contribution in [0.3, 0.4) is 0 Å². The van der Waals surface area contributed by atoms with Gasteiger partial charge in [0.05, 0.1) is 22.9 Å². The molecule has 1 saturated heterocycles. The lowest BCUT2D eigenvalue weighted by molar-refractivity contribution is 0.00842. The van der Waals surface area contributed by atoms with Gasteiger partial charge in [0, 0.05) is 25.1 Å². The van der Waals surface area contributed by atoms with Gasteiger partial charge in [0.15, 0.2) is 0 Å². The Morgan fingerprint density at radius 1 is 1.33 bits per heavy atom. The molecule has 1 aromatic carbocycles. The van der Waals surface area contributed by atoms with Gasteiger partial charge in [-0.05, 0) is 44.9 Å². The summed E-state index contributed by atoms with van der Waals surface area (Å²) in [6.45, 7) is 4.74. The second kappa shape index (κ2) is 7.73. The van der Waals surface area contributed by atoms with E-state index in [2.05, 4.69) is 4.98 Å². The number of hydrogen-bond donors (Lipinski definition) is 1. The summed E-state index contributed by atoms with van der Waals surface area (Å²) >= 11 is 0. The van der Waals surface area contributed by atoms with E-state index in [1.165, 1.54) is 0 Å². The number of carbonyl (C=O) groups is 1. The number of likely N-dealkylation sites (tertiary alicyclic amines) is 1. The smallest absolute Gasteiger partial charge is 0.255 e. The molecule has 1 aliphatic heterocycles. The van der Waals surface area contributed by atoms with Crippen molar-refractivity contribution < 1.29 is 9.53 Å². The van der Waals surface area contributed by atoms with E-state index >= 15 is 0 Å². The molecule has 5 nitrogen and oxygen atoms in total. The highest BCUT2D eigenvalue weighted by Gasteiger charge is 2.25. The molecular weight excluding hydrogens is 302 g/mol. The summed E-state index contributed by atoms with van der Waals surface area (Å²) in [5.74, 6) is 0.0751. The maximum absolute atomic E-state index is 12.9. The van der Waals surface area contributed by atoms with E-state index in [-0.39, 0.29) is 12.0 Å². The van der Waals surface area contributed by atoms with E-state index < -0.39 is 0 Å². The molecule has 0 spiro atoms. The van der Waals surface area contributed by atoms with Gasteiger partial charge in [0.2, 0.25) is 0 Å². The Kier molecular flexibility index (Phi) is 5.43. The summed E-state index contributed by atoms with van der Waals surface area (Å²) in [4.78, 5) is 19.4. The SMILES string of the molecule is Cc1nc2ccccc2cc1C(=O)N1CCC(OCCCN)CC1. The number of nitrogens with two attached hydrogens (primary N) is 1. The molecule has 0 atom stereocenters. The van der Waals surface area contributed by atoms with Crippen molar-refractivity contribution in [1.29, 1.82) is 0 Å². The predicted molar refractivity (Wildman–Crippen MR) is 95.0 cm³/mol. The molecule has 5 heteroatoms. The minimum atomic E-state index is 0.0751. The number of fused-ring (bicyclic) bond motifs is 1. The van der Waals surface area contributed by atoms with E-state index in [1.54, 1.807) is 0 Å². The van der Waals surface area contributed by atoms with Crippen molar-refractivity contribution in [3.63, 3.8) is 0 Å². The van der Waals surface area contributed by atoms with Crippen LogP contribution in [0.5, 0.6) is 0 Å².